The molecule has 1 aromatic carbocycles. The van der Waals surface area contributed by atoms with Crippen molar-refractivity contribution >= 4 is 48.8 Å². The maximum Gasteiger partial charge on any atom is 0.180 e. The summed E-state index contributed by atoms with van der Waals surface area (Å²) in [4.78, 5) is 6.21. The van der Waals surface area contributed by atoms with Gasteiger partial charge in [0.25, 0.3) is 0 Å². The summed E-state index contributed by atoms with van der Waals surface area (Å²) in [5, 5.41) is 3.93. The van der Waals surface area contributed by atoms with Gasteiger partial charge in [0, 0.05) is 37.6 Å². The summed E-state index contributed by atoms with van der Waals surface area (Å²) < 4.78 is 11.3. The monoisotopic (exact) mass is 457 g/mol. The van der Waals surface area contributed by atoms with Crippen molar-refractivity contribution in [1.29, 1.82) is 0 Å². The van der Waals surface area contributed by atoms with Gasteiger partial charge in [0.05, 0.1) is 12.1 Å². The largest absolute Gasteiger partial charge is 0.493 e. The van der Waals surface area contributed by atoms with Crippen LogP contribution in [-0.2, 0) is 13.2 Å². The summed E-state index contributed by atoms with van der Waals surface area (Å²) in [5.74, 6) is 1.19. The van der Waals surface area contributed by atoms with Crippen molar-refractivity contribution in [2.45, 2.75) is 13.2 Å². The summed E-state index contributed by atoms with van der Waals surface area (Å²) in [6.45, 7) is 3.01. The maximum atomic E-state index is 6.39. The van der Waals surface area contributed by atoms with E-state index < -0.39 is 0 Å². The smallest absolute Gasteiger partial charge is 0.180 e. The van der Waals surface area contributed by atoms with E-state index in [1.54, 1.807) is 19.5 Å². The molecular weight excluding hydrogens is 432 g/mol. The Morgan fingerprint density at radius 1 is 1.15 bits per heavy atom. The van der Waals surface area contributed by atoms with Crippen molar-refractivity contribution < 1.29 is 9.47 Å². The van der Waals surface area contributed by atoms with Crippen LogP contribution in [0.25, 0.3) is 0 Å². The highest BCUT2D eigenvalue weighted by Crippen LogP contribution is 2.36. The predicted molar refractivity (Wildman–Crippen MR) is 119 cm³/mol. The molecule has 27 heavy (non-hydrogen) atoms. The molecule has 2 rings (SSSR count). The number of halogens is 4. The fraction of sp³-hybridized carbons (Fsp3) is 0.389. The molecule has 0 atom stereocenters. The van der Waals surface area contributed by atoms with E-state index in [4.69, 9.17) is 21.1 Å². The topological polar surface area (TPSA) is 46.6 Å². The number of methoxy groups -OCH3 is 1. The van der Waals surface area contributed by atoms with Crippen LogP contribution in [0.4, 0.5) is 0 Å². The lowest BCUT2D eigenvalue weighted by Gasteiger charge is -2.15. The molecule has 2 aromatic rings. The summed E-state index contributed by atoms with van der Waals surface area (Å²) in [5.41, 5.74) is 2.04. The quantitative estimate of drug-likeness (QED) is 0.569. The van der Waals surface area contributed by atoms with Crippen LogP contribution in [0.5, 0.6) is 11.5 Å². The van der Waals surface area contributed by atoms with E-state index in [9.17, 15) is 0 Å². The van der Waals surface area contributed by atoms with Crippen molar-refractivity contribution in [3.05, 3.63) is 52.8 Å². The lowest BCUT2D eigenvalue weighted by atomic mass is 10.2. The molecule has 0 aliphatic rings. The molecule has 0 saturated carbocycles. The molecule has 5 nitrogen and oxygen atoms in total. The highest BCUT2D eigenvalue weighted by molar-refractivity contribution is 6.32. The predicted octanol–water partition coefficient (Wildman–Crippen LogP) is 4.24. The SMILES string of the molecule is COc1cc(CNCCN(C)C)cc(Cl)c1OCc1cccnc1.Cl.Cl.Cl. The molecule has 0 unspecified atom stereocenters. The first kappa shape index (κ1) is 28.3. The molecule has 1 heterocycles. The number of ether oxygens (including phenoxy) is 2. The Bertz CT molecular complexity index is 646. The number of nitrogens with zero attached hydrogens (tertiary/aromatic N) is 2. The van der Waals surface area contributed by atoms with E-state index in [2.05, 4.69) is 29.3 Å². The minimum absolute atomic E-state index is 0. The second-order valence-electron chi connectivity index (χ2n) is 5.74. The number of likely N-dealkylation sites (N-methyl/N-ethyl adjacent to an activating group) is 1. The standard InChI is InChI=1S/C18H24ClN3O2.3ClH/c1-22(2)8-7-21-12-15-9-16(19)18(17(10-15)23-3)24-13-14-5-4-6-20-11-14;;;/h4-6,9-11,21H,7-8,12-13H2,1-3H3;3*1H. The average Bonchev–Trinajstić information content (AvgIpc) is 2.58. The van der Waals surface area contributed by atoms with Gasteiger partial charge < -0.3 is 19.7 Å². The van der Waals surface area contributed by atoms with E-state index >= 15 is 0 Å². The molecular formula is C18H27Cl4N3O2. The lowest BCUT2D eigenvalue weighted by Crippen LogP contribution is -2.26. The van der Waals surface area contributed by atoms with Crippen molar-refractivity contribution in [3.8, 4) is 11.5 Å². The third kappa shape index (κ3) is 9.70. The fourth-order valence-electron chi connectivity index (χ4n) is 2.19. The Labute approximate surface area is 185 Å². The normalized spacial score (nSPS) is 9.67. The average molecular weight is 459 g/mol. The van der Waals surface area contributed by atoms with Gasteiger partial charge in [-0.15, -0.1) is 37.2 Å². The van der Waals surface area contributed by atoms with Gasteiger partial charge in [-0.1, -0.05) is 17.7 Å². The van der Waals surface area contributed by atoms with Crippen LogP contribution >= 0.6 is 48.8 Å². The molecule has 0 spiro atoms. The van der Waals surface area contributed by atoms with Gasteiger partial charge in [-0.2, -0.15) is 0 Å². The van der Waals surface area contributed by atoms with Crippen LogP contribution in [0, 0.1) is 0 Å². The van der Waals surface area contributed by atoms with Gasteiger partial charge in [-0.05, 0) is 37.9 Å². The molecule has 9 heteroatoms. The summed E-state index contributed by atoms with van der Waals surface area (Å²) in [6.07, 6.45) is 3.50. The van der Waals surface area contributed by atoms with E-state index in [1.807, 2.05) is 24.3 Å². The number of hydrogen-bond acceptors (Lipinski definition) is 5. The zero-order valence-corrected chi connectivity index (χ0v) is 18.8. The number of hydrogen-bond donors (Lipinski definition) is 1. The first-order valence-electron chi connectivity index (χ1n) is 7.83. The van der Waals surface area contributed by atoms with E-state index in [0.29, 0.717) is 23.1 Å². The highest BCUT2D eigenvalue weighted by Gasteiger charge is 2.12. The molecule has 0 aliphatic heterocycles. The summed E-state index contributed by atoms with van der Waals surface area (Å²) in [6, 6.07) is 7.69. The molecule has 1 aromatic heterocycles. The highest BCUT2D eigenvalue weighted by atomic mass is 35.5. The number of pyridine rings is 1. The molecule has 0 saturated heterocycles. The molecule has 0 aliphatic carbocycles. The molecule has 0 radical (unpaired) electrons. The van der Waals surface area contributed by atoms with Crippen LogP contribution in [0.15, 0.2) is 36.7 Å². The van der Waals surface area contributed by atoms with Crippen molar-refractivity contribution in [2.24, 2.45) is 0 Å². The van der Waals surface area contributed by atoms with Gasteiger partial charge >= 0.3 is 0 Å². The minimum Gasteiger partial charge on any atom is -0.493 e. The van der Waals surface area contributed by atoms with Crippen LogP contribution in [0.2, 0.25) is 5.02 Å². The third-order valence-corrected chi connectivity index (χ3v) is 3.74. The number of rotatable bonds is 9. The number of benzene rings is 1. The molecule has 1 N–H and O–H groups in total. The first-order chi connectivity index (χ1) is 11.6. The van der Waals surface area contributed by atoms with E-state index in [0.717, 1.165) is 30.8 Å². The van der Waals surface area contributed by atoms with Crippen LogP contribution < -0.4 is 14.8 Å². The Morgan fingerprint density at radius 3 is 2.48 bits per heavy atom. The van der Waals surface area contributed by atoms with E-state index in [1.165, 1.54) is 0 Å². The summed E-state index contributed by atoms with van der Waals surface area (Å²) >= 11 is 6.39. The third-order valence-electron chi connectivity index (χ3n) is 3.46. The van der Waals surface area contributed by atoms with E-state index in [-0.39, 0.29) is 37.2 Å². The van der Waals surface area contributed by atoms with Crippen molar-refractivity contribution in [3.63, 3.8) is 0 Å². The van der Waals surface area contributed by atoms with Crippen molar-refractivity contribution in [2.75, 3.05) is 34.3 Å². The second-order valence-corrected chi connectivity index (χ2v) is 6.15. The fourth-order valence-corrected chi connectivity index (χ4v) is 2.48. The number of nitrogens with one attached hydrogen (secondary N) is 1. The van der Waals surface area contributed by atoms with Gasteiger partial charge in [0.15, 0.2) is 11.5 Å². The lowest BCUT2D eigenvalue weighted by molar-refractivity contribution is 0.284. The van der Waals surface area contributed by atoms with Crippen LogP contribution in [0.1, 0.15) is 11.1 Å². The Kier molecular flexibility index (Phi) is 15.7. The maximum absolute atomic E-state index is 6.39. The van der Waals surface area contributed by atoms with Gasteiger partial charge in [-0.3, -0.25) is 4.98 Å². The van der Waals surface area contributed by atoms with Crippen molar-refractivity contribution in [1.82, 2.24) is 15.2 Å². The number of aromatic nitrogens is 1. The van der Waals surface area contributed by atoms with Gasteiger partial charge in [0.2, 0.25) is 0 Å². The molecule has 154 valence electrons. The Balaban J connectivity index is 0. The van der Waals surface area contributed by atoms with Crippen LogP contribution in [0.3, 0.4) is 0 Å². The molecule has 0 fully saturated rings. The molecule has 0 amide bonds. The minimum atomic E-state index is 0. The Morgan fingerprint density at radius 2 is 1.89 bits per heavy atom. The van der Waals surface area contributed by atoms with Gasteiger partial charge in [0.1, 0.15) is 6.61 Å². The first-order valence-corrected chi connectivity index (χ1v) is 8.21. The zero-order chi connectivity index (χ0) is 17.4. The Hall–Kier alpha value is -0.950. The second kappa shape index (κ2) is 15.0. The van der Waals surface area contributed by atoms with Crippen LogP contribution in [-0.4, -0.2) is 44.2 Å². The summed E-state index contributed by atoms with van der Waals surface area (Å²) in [7, 11) is 5.72. The van der Waals surface area contributed by atoms with Gasteiger partial charge in [-0.25, -0.2) is 0 Å². The molecule has 0 bridgehead atoms. The zero-order valence-electron chi connectivity index (χ0n) is 15.6.